The van der Waals surface area contributed by atoms with Gasteiger partial charge in [0, 0.05) is 18.7 Å². The number of ether oxygens (including phenoxy) is 2. The first-order valence-electron chi connectivity index (χ1n) is 8.83. The van der Waals surface area contributed by atoms with Crippen LogP contribution in [0.15, 0.2) is 41.3 Å². The van der Waals surface area contributed by atoms with Crippen molar-refractivity contribution in [2.75, 3.05) is 13.7 Å². The van der Waals surface area contributed by atoms with Gasteiger partial charge in [0.15, 0.2) is 11.5 Å². The van der Waals surface area contributed by atoms with Gasteiger partial charge in [-0.3, -0.25) is 19.8 Å². The molecule has 30 heavy (non-hydrogen) atoms. The van der Waals surface area contributed by atoms with E-state index in [9.17, 15) is 14.9 Å². The van der Waals surface area contributed by atoms with Crippen molar-refractivity contribution in [3.8, 4) is 11.5 Å². The highest BCUT2D eigenvalue weighted by Gasteiger charge is 2.30. The third-order valence-corrected chi connectivity index (χ3v) is 5.93. The second-order valence-electron chi connectivity index (χ2n) is 6.17. The Balaban J connectivity index is 1.81. The molecule has 0 N–H and O–H groups in total. The highest BCUT2D eigenvalue weighted by Crippen LogP contribution is 2.39. The zero-order valence-electron chi connectivity index (χ0n) is 16.1. The minimum Gasteiger partial charge on any atom is -0.493 e. The van der Waals surface area contributed by atoms with E-state index >= 15 is 0 Å². The zero-order valence-corrected chi connectivity index (χ0v) is 18.5. The molecule has 1 amide bonds. The van der Waals surface area contributed by atoms with E-state index in [1.54, 1.807) is 30.3 Å². The lowest BCUT2D eigenvalue weighted by Gasteiger charge is -2.13. The van der Waals surface area contributed by atoms with Gasteiger partial charge in [0.2, 0.25) is 0 Å². The molecule has 156 valence electrons. The molecule has 1 saturated heterocycles. The quantitative estimate of drug-likeness (QED) is 0.245. The Labute approximate surface area is 187 Å². The predicted molar refractivity (Wildman–Crippen MR) is 121 cm³/mol. The Hall–Kier alpha value is -2.62. The number of thioether (sulfide) groups is 1. The molecule has 0 spiro atoms. The van der Waals surface area contributed by atoms with Crippen molar-refractivity contribution in [1.82, 2.24) is 4.90 Å². The lowest BCUT2D eigenvalue weighted by Crippen LogP contribution is -2.27. The molecule has 7 nitrogen and oxygen atoms in total. The van der Waals surface area contributed by atoms with Crippen LogP contribution in [0.4, 0.5) is 5.69 Å². The monoisotopic (exact) mass is 464 g/mol. The minimum atomic E-state index is -0.461. The van der Waals surface area contributed by atoms with Gasteiger partial charge in [0.1, 0.15) is 10.9 Å². The number of carbonyl (C=O) groups is 1. The molecular weight excluding hydrogens is 448 g/mol. The van der Waals surface area contributed by atoms with Crippen LogP contribution in [0.2, 0.25) is 5.02 Å². The Kier molecular flexibility index (Phi) is 6.96. The van der Waals surface area contributed by atoms with Gasteiger partial charge in [0.25, 0.3) is 11.6 Å². The normalized spacial score (nSPS) is 15.0. The first-order valence-corrected chi connectivity index (χ1v) is 10.4. The molecule has 10 heteroatoms. The summed E-state index contributed by atoms with van der Waals surface area (Å²) in [5.74, 6) is 0.610. The fourth-order valence-electron chi connectivity index (χ4n) is 2.76. The molecular formula is C20H17ClN2O5S2. The van der Waals surface area contributed by atoms with Crippen LogP contribution in [-0.2, 0) is 11.4 Å². The lowest BCUT2D eigenvalue weighted by molar-refractivity contribution is -0.384. The van der Waals surface area contributed by atoms with Crippen molar-refractivity contribution < 1.29 is 19.2 Å². The van der Waals surface area contributed by atoms with Crippen LogP contribution in [0.25, 0.3) is 6.08 Å². The third kappa shape index (κ3) is 4.75. The van der Waals surface area contributed by atoms with Crippen molar-refractivity contribution in [2.24, 2.45) is 0 Å². The summed E-state index contributed by atoms with van der Waals surface area (Å²) in [5.41, 5.74) is 1.43. The number of likely N-dealkylation sites (N-methyl/N-ethyl adjacent to an activating group) is 1. The number of amides is 1. The molecule has 0 saturated carbocycles. The van der Waals surface area contributed by atoms with Crippen LogP contribution in [-0.4, -0.2) is 33.7 Å². The molecule has 0 unspecified atom stereocenters. The van der Waals surface area contributed by atoms with E-state index in [0.29, 0.717) is 37.9 Å². The van der Waals surface area contributed by atoms with Crippen LogP contribution >= 0.6 is 35.6 Å². The molecule has 2 aromatic rings. The van der Waals surface area contributed by atoms with Gasteiger partial charge in [0.05, 0.1) is 22.0 Å². The van der Waals surface area contributed by atoms with Crippen molar-refractivity contribution in [2.45, 2.75) is 13.5 Å². The Morgan fingerprint density at radius 1 is 1.30 bits per heavy atom. The highest BCUT2D eigenvalue weighted by atomic mass is 35.5. The molecule has 1 fully saturated rings. The average molecular weight is 465 g/mol. The van der Waals surface area contributed by atoms with Gasteiger partial charge in [-0.05, 0) is 48.4 Å². The van der Waals surface area contributed by atoms with Crippen molar-refractivity contribution in [1.29, 1.82) is 0 Å². The van der Waals surface area contributed by atoms with Crippen LogP contribution in [0.3, 0.4) is 0 Å². The van der Waals surface area contributed by atoms with Crippen molar-refractivity contribution in [3.63, 3.8) is 0 Å². The fourth-order valence-corrected chi connectivity index (χ4v) is 4.41. The molecule has 3 rings (SSSR count). The summed E-state index contributed by atoms with van der Waals surface area (Å²) >= 11 is 12.9. The number of hydrogen-bond acceptors (Lipinski definition) is 7. The summed E-state index contributed by atoms with van der Waals surface area (Å²) in [7, 11) is 1.49. The van der Waals surface area contributed by atoms with Crippen LogP contribution in [0.5, 0.6) is 11.5 Å². The molecule has 1 heterocycles. The smallest absolute Gasteiger partial charge is 0.269 e. The topological polar surface area (TPSA) is 81.9 Å². The van der Waals surface area contributed by atoms with Crippen LogP contribution < -0.4 is 9.47 Å². The van der Waals surface area contributed by atoms with Gasteiger partial charge >= 0.3 is 0 Å². The number of methoxy groups -OCH3 is 1. The lowest BCUT2D eigenvalue weighted by atomic mass is 10.1. The number of rotatable bonds is 7. The standard InChI is InChI=1S/C20H17ClN2O5S2/c1-3-22-19(24)17(30-20(22)29)10-13-8-15(21)18(16(9-13)27-2)28-11-12-4-6-14(7-5-12)23(25)26/h4-10H,3,11H2,1-2H3. The number of hydrogen-bond donors (Lipinski definition) is 0. The van der Waals surface area contributed by atoms with Gasteiger partial charge < -0.3 is 9.47 Å². The molecule has 0 atom stereocenters. The summed E-state index contributed by atoms with van der Waals surface area (Å²) < 4.78 is 11.7. The van der Waals surface area contributed by atoms with Crippen LogP contribution in [0.1, 0.15) is 18.1 Å². The summed E-state index contributed by atoms with van der Waals surface area (Å²) in [6, 6.07) is 9.44. The number of non-ortho nitro benzene ring substituents is 1. The van der Waals surface area contributed by atoms with E-state index in [2.05, 4.69) is 0 Å². The summed E-state index contributed by atoms with van der Waals surface area (Å²) in [4.78, 5) is 24.7. The zero-order chi connectivity index (χ0) is 21.8. The number of thiocarbonyl (C=S) groups is 1. The van der Waals surface area contributed by atoms with Gasteiger partial charge in [-0.15, -0.1) is 0 Å². The average Bonchev–Trinajstić information content (AvgIpc) is 2.99. The van der Waals surface area contributed by atoms with Gasteiger partial charge in [-0.25, -0.2) is 0 Å². The number of nitro groups is 1. The fraction of sp³-hybridized carbons (Fsp3) is 0.200. The maximum absolute atomic E-state index is 12.4. The second kappa shape index (κ2) is 9.46. The molecule has 1 aliphatic heterocycles. The molecule has 0 bridgehead atoms. The SMILES string of the molecule is CCN1C(=O)C(=Cc2cc(Cl)c(OCc3ccc([N+](=O)[O-])cc3)c(OC)c2)SC1=S. The summed E-state index contributed by atoms with van der Waals surface area (Å²) in [5, 5.41) is 11.1. The Bertz CT molecular complexity index is 1040. The minimum absolute atomic E-state index is 0.00667. The van der Waals surface area contributed by atoms with Gasteiger partial charge in [-0.2, -0.15) is 0 Å². The third-order valence-electron chi connectivity index (χ3n) is 4.27. The summed E-state index contributed by atoms with van der Waals surface area (Å²) in [6.07, 6.45) is 1.71. The van der Waals surface area contributed by atoms with E-state index in [1.165, 1.54) is 35.9 Å². The Morgan fingerprint density at radius 2 is 2.00 bits per heavy atom. The summed E-state index contributed by atoms with van der Waals surface area (Å²) in [6.45, 7) is 2.54. The molecule has 1 aliphatic rings. The predicted octanol–water partition coefficient (Wildman–Crippen LogP) is 5.06. The largest absolute Gasteiger partial charge is 0.493 e. The first-order chi connectivity index (χ1) is 14.3. The van der Waals surface area contributed by atoms with E-state index in [4.69, 9.17) is 33.3 Å². The molecule has 0 aliphatic carbocycles. The second-order valence-corrected chi connectivity index (χ2v) is 8.26. The number of carbonyl (C=O) groups excluding carboxylic acids is 1. The van der Waals surface area contributed by atoms with Crippen LogP contribution in [0, 0.1) is 10.1 Å². The first kappa shape index (κ1) is 22.1. The maximum Gasteiger partial charge on any atom is 0.269 e. The number of nitrogens with zero attached hydrogens (tertiary/aromatic N) is 2. The maximum atomic E-state index is 12.4. The Morgan fingerprint density at radius 3 is 2.57 bits per heavy atom. The molecule has 0 aromatic heterocycles. The van der Waals surface area contributed by atoms with E-state index < -0.39 is 4.92 Å². The van der Waals surface area contributed by atoms with Crippen molar-refractivity contribution >= 4 is 57.6 Å². The van der Waals surface area contributed by atoms with E-state index in [0.717, 1.165) is 5.56 Å². The highest BCUT2D eigenvalue weighted by molar-refractivity contribution is 8.26. The van der Waals surface area contributed by atoms with E-state index in [1.807, 2.05) is 6.92 Å². The number of nitro benzene ring substituents is 1. The number of benzene rings is 2. The van der Waals surface area contributed by atoms with E-state index in [-0.39, 0.29) is 18.2 Å². The van der Waals surface area contributed by atoms with Gasteiger partial charge in [-0.1, -0.05) is 35.6 Å². The molecule has 0 radical (unpaired) electrons. The number of halogens is 1. The van der Waals surface area contributed by atoms with Crippen molar-refractivity contribution in [3.05, 3.63) is 67.6 Å². The molecule has 2 aromatic carbocycles.